The Balaban J connectivity index is 3.48. The summed E-state index contributed by atoms with van der Waals surface area (Å²) in [4.78, 5) is 10.3. The van der Waals surface area contributed by atoms with Gasteiger partial charge in [0.2, 0.25) is 0 Å². The number of carboxylic acid groups (broad SMARTS) is 1. The summed E-state index contributed by atoms with van der Waals surface area (Å²) in [6.45, 7) is 2.26. The summed E-state index contributed by atoms with van der Waals surface area (Å²) in [5, 5.41) is 8.45. The van der Waals surface area contributed by atoms with Gasteiger partial charge in [-0.2, -0.15) is 0 Å². The first-order valence-electron chi connectivity index (χ1n) is 9.30. The molecule has 0 radical (unpaired) electrons. The normalized spacial score (nSPS) is 12.7. The van der Waals surface area contributed by atoms with Crippen molar-refractivity contribution in [3.05, 3.63) is 60.8 Å². The van der Waals surface area contributed by atoms with E-state index in [0.29, 0.717) is 0 Å². The highest BCUT2D eigenvalue weighted by atomic mass is 16.4. The van der Waals surface area contributed by atoms with Crippen molar-refractivity contribution in [3.8, 4) is 0 Å². The summed E-state index contributed by atoms with van der Waals surface area (Å²) in [6, 6.07) is 0. The molecule has 0 saturated carbocycles. The first-order valence-corrected chi connectivity index (χ1v) is 9.30. The van der Waals surface area contributed by atoms with E-state index in [4.69, 9.17) is 5.11 Å². The van der Waals surface area contributed by atoms with E-state index in [0.717, 1.165) is 6.42 Å². The molecule has 0 aliphatic heterocycles. The van der Waals surface area contributed by atoms with E-state index in [-0.39, 0.29) is 6.42 Å². The fourth-order valence-electron chi connectivity index (χ4n) is 2.20. The number of carbonyl (C=O) groups is 1. The van der Waals surface area contributed by atoms with Gasteiger partial charge in [-0.15, -0.1) is 0 Å². The van der Waals surface area contributed by atoms with Crippen LogP contribution in [0.2, 0.25) is 0 Å². The van der Waals surface area contributed by atoms with Gasteiger partial charge in [0.15, 0.2) is 0 Å². The number of unbranched alkanes of at least 4 members (excludes halogenated alkanes) is 8. The topological polar surface area (TPSA) is 37.3 Å². The number of aliphatic carboxylic acids is 1. The number of hydrogen-bond acceptors (Lipinski definition) is 1. The fourth-order valence-corrected chi connectivity index (χ4v) is 2.20. The summed E-state index contributed by atoms with van der Waals surface area (Å²) in [5.74, 6) is -0.808. The monoisotopic (exact) mass is 330 g/mol. The summed E-state index contributed by atoms with van der Waals surface area (Å²) in [7, 11) is 0. The quantitative estimate of drug-likeness (QED) is 0.265. The van der Waals surface area contributed by atoms with Gasteiger partial charge < -0.3 is 5.11 Å². The van der Waals surface area contributed by atoms with Gasteiger partial charge in [0.05, 0.1) is 6.42 Å². The Kier molecular flexibility index (Phi) is 17.8. The third-order valence-corrected chi connectivity index (χ3v) is 3.57. The molecule has 0 saturated heterocycles. The second-order valence-corrected chi connectivity index (χ2v) is 5.87. The van der Waals surface area contributed by atoms with Crippen LogP contribution in [0.15, 0.2) is 60.8 Å². The van der Waals surface area contributed by atoms with Crippen molar-refractivity contribution in [1.82, 2.24) is 0 Å². The van der Waals surface area contributed by atoms with Crippen LogP contribution >= 0.6 is 0 Å². The molecular formula is C22H34O2. The molecule has 2 nitrogen and oxygen atoms in total. The molecule has 1 N–H and O–H groups in total. The van der Waals surface area contributed by atoms with Crippen molar-refractivity contribution in [2.75, 3.05) is 0 Å². The van der Waals surface area contributed by atoms with Crippen molar-refractivity contribution in [2.24, 2.45) is 0 Å². The molecule has 2 heteroatoms. The highest BCUT2D eigenvalue weighted by molar-refractivity contribution is 5.68. The minimum absolute atomic E-state index is 0.0671. The molecular weight excluding hydrogens is 296 g/mol. The molecule has 0 aromatic heterocycles. The van der Waals surface area contributed by atoms with Crippen LogP contribution in [0, 0.1) is 0 Å². The Hall–Kier alpha value is -1.83. The molecule has 0 aromatic carbocycles. The van der Waals surface area contributed by atoms with Crippen molar-refractivity contribution in [3.63, 3.8) is 0 Å². The molecule has 0 unspecified atom stereocenters. The maximum absolute atomic E-state index is 10.3. The van der Waals surface area contributed by atoms with Gasteiger partial charge in [0.1, 0.15) is 0 Å². The maximum Gasteiger partial charge on any atom is 0.307 e. The van der Waals surface area contributed by atoms with Gasteiger partial charge in [0.25, 0.3) is 0 Å². The lowest BCUT2D eigenvalue weighted by atomic mass is 10.1. The molecule has 0 spiro atoms. The van der Waals surface area contributed by atoms with Crippen LogP contribution < -0.4 is 0 Å². The van der Waals surface area contributed by atoms with Crippen molar-refractivity contribution in [2.45, 2.75) is 71.1 Å². The Labute approximate surface area is 148 Å². The molecule has 0 aliphatic carbocycles. The number of allylic oxidation sites excluding steroid dienone is 9. The molecule has 0 heterocycles. The largest absolute Gasteiger partial charge is 0.481 e. The molecule has 24 heavy (non-hydrogen) atoms. The zero-order valence-corrected chi connectivity index (χ0v) is 15.2. The Morgan fingerprint density at radius 3 is 1.67 bits per heavy atom. The van der Waals surface area contributed by atoms with Gasteiger partial charge in [-0.25, -0.2) is 0 Å². The summed E-state index contributed by atoms with van der Waals surface area (Å²) in [5.41, 5.74) is 0. The van der Waals surface area contributed by atoms with Crippen LogP contribution in [0.5, 0.6) is 0 Å². The Morgan fingerprint density at radius 1 is 0.667 bits per heavy atom. The number of hydrogen-bond donors (Lipinski definition) is 1. The Bertz CT molecular complexity index is 425. The molecule has 0 aromatic rings. The van der Waals surface area contributed by atoms with Crippen molar-refractivity contribution < 1.29 is 9.90 Å². The van der Waals surface area contributed by atoms with Crippen LogP contribution in [0.25, 0.3) is 0 Å². The highest BCUT2D eigenvalue weighted by Crippen LogP contribution is 2.09. The second kappa shape index (κ2) is 19.2. The zero-order chi connectivity index (χ0) is 17.7. The fraction of sp³-hybridized carbons (Fsp3) is 0.500. The minimum atomic E-state index is -0.808. The minimum Gasteiger partial charge on any atom is -0.481 e. The van der Waals surface area contributed by atoms with E-state index < -0.39 is 5.97 Å². The van der Waals surface area contributed by atoms with E-state index in [9.17, 15) is 4.79 Å². The first-order chi connectivity index (χ1) is 11.8. The van der Waals surface area contributed by atoms with Gasteiger partial charge in [0, 0.05) is 0 Å². The molecule has 0 rings (SSSR count). The van der Waals surface area contributed by atoms with Crippen LogP contribution in [0.4, 0.5) is 0 Å². The van der Waals surface area contributed by atoms with Gasteiger partial charge in [-0.05, 0) is 12.8 Å². The lowest BCUT2D eigenvalue weighted by Gasteiger charge is -1.99. The second-order valence-electron chi connectivity index (χ2n) is 5.87. The maximum atomic E-state index is 10.3. The predicted molar refractivity (Wildman–Crippen MR) is 105 cm³/mol. The summed E-state index contributed by atoms with van der Waals surface area (Å²) >= 11 is 0. The molecule has 0 aliphatic rings. The number of rotatable bonds is 15. The van der Waals surface area contributed by atoms with E-state index in [1.807, 2.05) is 36.5 Å². The average molecular weight is 331 g/mol. The first kappa shape index (κ1) is 22.2. The van der Waals surface area contributed by atoms with Crippen LogP contribution in [0.3, 0.4) is 0 Å². The van der Waals surface area contributed by atoms with Crippen molar-refractivity contribution >= 4 is 5.97 Å². The Morgan fingerprint density at radius 2 is 1.12 bits per heavy atom. The lowest BCUT2D eigenvalue weighted by molar-refractivity contribution is -0.136. The predicted octanol–water partition coefficient (Wildman–Crippen LogP) is 6.77. The molecule has 0 atom stereocenters. The van der Waals surface area contributed by atoms with Crippen LogP contribution in [-0.2, 0) is 4.79 Å². The van der Waals surface area contributed by atoms with E-state index in [1.165, 1.54) is 51.4 Å². The zero-order valence-electron chi connectivity index (χ0n) is 15.2. The van der Waals surface area contributed by atoms with Crippen LogP contribution in [-0.4, -0.2) is 11.1 Å². The lowest BCUT2D eigenvalue weighted by Crippen LogP contribution is -1.89. The summed E-state index contributed by atoms with van der Waals surface area (Å²) in [6.07, 6.45) is 31.5. The van der Waals surface area contributed by atoms with E-state index in [2.05, 4.69) is 19.1 Å². The standard InChI is InChI=1S/C22H34O2/c1-2-3-4-5-6-7-8-9-10-11-12-13-14-15-16-17-18-19-20-21-22(23)24/h11-20H,2-10,21H2,1H3,(H,23,24)/b12-11+,14-13+,16-15+,18-17+,20-19+. The molecule has 0 bridgehead atoms. The van der Waals surface area contributed by atoms with Crippen LogP contribution in [0.1, 0.15) is 71.1 Å². The van der Waals surface area contributed by atoms with Gasteiger partial charge in [-0.3, -0.25) is 4.79 Å². The van der Waals surface area contributed by atoms with E-state index >= 15 is 0 Å². The highest BCUT2D eigenvalue weighted by Gasteiger charge is 1.90. The SMILES string of the molecule is CCCCCCCCCC/C=C/C=C/C=C/C=C/C=C/CC(=O)O. The number of carboxylic acids is 1. The third-order valence-electron chi connectivity index (χ3n) is 3.57. The molecule has 134 valence electrons. The van der Waals surface area contributed by atoms with Crippen molar-refractivity contribution in [1.29, 1.82) is 0 Å². The third kappa shape index (κ3) is 20.2. The molecule has 0 fully saturated rings. The summed E-state index contributed by atoms with van der Waals surface area (Å²) < 4.78 is 0. The average Bonchev–Trinajstić information content (AvgIpc) is 2.56. The van der Waals surface area contributed by atoms with Gasteiger partial charge in [-0.1, -0.05) is 113 Å². The molecule has 0 amide bonds. The van der Waals surface area contributed by atoms with Gasteiger partial charge >= 0.3 is 5.97 Å². The van der Waals surface area contributed by atoms with E-state index in [1.54, 1.807) is 12.2 Å². The smallest absolute Gasteiger partial charge is 0.307 e.